The molecule has 0 bridgehead atoms. The largest absolute Gasteiger partial charge is 0.349 e. The molecular weight excluding hydrogens is 378 g/mol. The molecule has 1 aromatic carbocycles. The number of carbonyl (C=O) groups is 3. The minimum Gasteiger partial charge on any atom is -0.349 e. The molecule has 2 N–H and O–H groups in total. The summed E-state index contributed by atoms with van der Waals surface area (Å²) in [5.41, 5.74) is 1.68. The number of amides is 2. The second-order valence-corrected chi connectivity index (χ2v) is 9.21. The molecule has 1 aliphatic rings. The number of Topliss-reactive ketones (excluding diaryl/α,β-unsaturated/α-hetero) is 1. The molecule has 0 aliphatic heterocycles. The molecule has 3 atom stereocenters. The molecule has 1 unspecified atom stereocenters. The number of nitrogens with one attached hydrogen (secondary N) is 2. The van der Waals surface area contributed by atoms with Crippen LogP contribution in [0.1, 0.15) is 68.8 Å². The van der Waals surface area contributed by atoms with Gasteiger partial charge in [0.1, 0.15) is 0 Å². The van der Waals surface area contributed by atoms with Gasteiger partial charge in [-0.1, -0.05) is 38.8 Å². The van der Waals surface area contributed by atoms with Crippen molar-refractivity contribution < 1.29 is 14.4 Å². The third kappa shape index (κ3) is 7.24. The van der Waals surface area contributed by atoms with Crippen LogP contribution in [0.25, 0.3) is 0 Å². The lowest BCUT2D eigenvalue weighted by Gasteiger charge is -2.32. The molecule has 166 valence electrons. The van der Waals surface area contributed by atoms with Gasteiger partial charge in [-0.3, -0.25) is 14.4 Å². The Bertz CT molecular complexity index is 745. The molecule has 1 aromatic rings. The first-order chi connectivity index (χ1) is 14.2. The van der Waals surface area contributed by atoms with Gasteiger partial charge in [0.25, 0.3) is 5.91 Å². The van der Waals surface area contributed by atoms with E-state index in [2.05, 4.69) is 15.5 Å². The molecular formula is C24H37N3O3. The molecule has 6 heteroatoms. The number of hydrogen-bond acceptors (Lipinski definition) is 4. The first-order valence-electron chi connectivity index (χ1n) is 11.0. The summed E-state index contributed by atoms with van der Waals surface area (Å²) >= 11 is 0. The minimum atomic E-state index is -0.460. The Labute approximate surface area is 180 Å². The van der Waals surface area contributed by atoms with Gasteiger partial charge in [-0.05, 0) is 63.9 Å². The molecule has 0 spiro atoms. The molecule has 1 aliphatic carbocycles. The van der Waals surface area contributed by atoms with Crippen LogP contribution in [0.4, 0.5) is 0 Å². The van der Waals surface area contributed by atoms with E-state index in [1.165, 1.54) is 6.92 Å². The highest BCUT2D eigenvalue weighted by Gasteiger charge is 2.33. The standard InChI is InChI=1S/C24H37N3O3/c1-16(2)13-22(17(3)28)26-24(30)20-11-6-7-12-21(20)25-23(29)19-10-8-9-18(14-19)15-27(4)5/h8-10,14,16,20-22H,6-7,11-13,15H2,1-5H3,(H,25,29)(H,26,30)/t20-,21+,22?/m1/s1. The summed E-state index contributed by atoms with van der Waals surface area (Å²) in [5, 5.41) is 6.04. The highest BCUT2D eigenvalue weighted by molar-refractivity contribution is 5.95. The zero-order valence-electron chi connectivity index (χ0n) is 19.0. The van der Waals surface area contributed by atoms with Gasteiger partial charge in [-0.25, -0.2) is 0 Å². The fourth-order valence-corrected chi connectivity index (χ4v) is 4.12. The average molecular weight is 416 g/mol. The van der Waals surface area contributed by atoms with E-state index in [9.17, 15) is 14.4 Å². The maximum absolute atomic E-state index is 13.0. The van der Waals surface area contributed by atoms with Gasteiger partial charge in [0.2, 0.25) is 5.91 Å². The summed E-state index contributed by atoms with van der Waals surface area (Å²) in [6.45, 7) is 6.36. The van der Waals surface area contributed by atoms with Crippen LogP contribution >= 0.6 is 0 Å². The molecule has 0 radical (unpaired) electrons. The smallest absolute Gasteiger partial charge is 0.251 e. The van der Waals surface area contributed by atoms with Crippen molar-refractivity contribution in [3.05, 3.63) is 35.4 Å². The van der Waals surface area contributed by atoms with Crippen LogP contribution in [0.5, 0.6) is 0 Å². The van der Waals surface area contributed by atoms with Gasteiger partial charge in [0.05, 0.1) is 12.0 Å². The number of nitrogens with zero attached hydrogens (tertiary/aromatic N) is 1. The Kier molecular flexibility index (Phi) is 9.03. The number of carbonyl (C=O) groups excluding carboxylic acids is 3. The van der Waals surface area contributed by atoms with Crippen molar-refractivity contribution in [3.63, 3.8) is 0 Å². The van der Waals surface area contributed by atoms with Crippen LogP contribution in [-0.2, 0) is 16.1 Å². The number of rotatable bonds is 9. The monoisotopic (exact) mass is 415 g/mol. The maximum Gasteiger partial charge on any atom is 0.251 e. The van der Waals surface area contributed by atoms with Crippen LogP contribution in [0.3, 0.4) is 0 Å². The fourth-order valence-electron chi connectivity index (χ4n) is 4.12. The van der Waals surface area contributed by atoms with E-state index in [-0.39, 0.29) is 29.6 Å². The zero-order chi connectivity index (χ0) is 22.3. The van der Waals surface area contributed by atoms with Crippen molar-refractivity contribution in [2.24, 2.45) is 11.8 Å². The Balaban J connectivity index is 2.07. The molecule has 30 heavy (non-hydrogen) atoms. The van der Waals surface area contributed by atoms with Gasteiger partial charge in [-0.15, -0.1) is 0 Å². The van der Waals surface area contributed by atoms with Crippen molar-refractivity contribution in [2.45, 2.75) is 71.5 Å². The van der Waals surface area contributed by atoms with E-state index in [0.717, 1.165) is 37.8 Å². The third-order valence-corrected chi connectivity index (χ3v) is 5.62. The summed E-state index contributed by atoms with van der Waals surface area (Å²) in [4.78, 5) is 39.9. The van der Waals surface area contributed by atoms with Gasteiger partial charge in [0, 0.05) is 18.2 Å². The van der Waals surface area contributed by atoms with Gasteiger partial charge < -0.3 is 15.5 Å². The Hall–Kier alpha value is -2.21. The summed E-state index contributed by atoms with van der Waals surface area (Å²) < 4.78 is 0. The van der Waals surface area contributed by atoms with Crippen LogP contribution in [-0.4, -0.2) is 48.7 Å². The van der Waals surface area contributed by atoms with Crippen molar-refractivity contribution in [1.82, 2.24) is 15.5 Å². The highest BCUT2D eigenvalue weighted by atomic mass is 16.2. The molecule has 1 fully saturated rings. The molecule has 0 aromatic heterocycles. The van der Waals surface area contributed by atoms with E-state index >= 15 is 0 Å². The second kappa shape index (κ2) is 11.3. The molecule has 1 saturated carbocycles. The lowest BCUT2D eigenvalue weighted by Crippen LogP contribution is -2.51. The number of hydrogen-bond donors (Lipinski definition) is 2. The SMILES string of the molecule is CC(=O)C(CC(C)C)NC(=O)[C@@H]1CCCC[C@@H]1NC(=O)c1cccc(CN(C)C)c1. The van der Waals surface area contributed by atoms with Gasteiger partial charge in [-0.2, -0.15) is 0 Å². The fraction of sp³-hybridized carbons (Fsp3) is 0.625. The Morgan fingerprint density at radius 2 is 1.83 bits per heavy atom. The van der Waals surface area contributed by atoms with E-state index in [1.807, 2.05) is 46.1 Å². The predicted molar refractivity (Wildman–Crippen MR) is 119 cm³/mol. The zero-order valence-corrected chi connectivity index (χ0v) is 19.0. The van der Waals surface area contributed by atoms with Crippen LogP contribution in [0.15, 0.2) is 24.3 Å². The summed E-state index contributed by atoms with van der Waals surface area (Å²) in [7, 11) is 3.98. The third-order valence-electron chi connectivity index (χ3n) is 5.62. The van der Waals surface area contributed by atoms with Crippen molar-refractivity contribution >= 4 is 17.6 Å². The van der Waals surface area contributed by atoms with Crippen molar-refractivity contribution in [3.8, 4) is 0 Å². The average Bonchev–Trinajstić information content (AvgIpc) is 2.67. The summed E-state index contributed by atoms with van der Waals surface area (Å²) in [6.07, 6.45) is 4.07. The lowest BCUT2D eigenvalue weighted by molar-refractivity contribution is -0.131. The van der Waals surface area contributed by atoms with Gasteiger partial charge in [0.15, 0.2) is 5.78 Å². The minimum absolute atomic E-state index is 0.0221. The first kappa shape index (κ1) is 24.1. The van der Waals surface area contributed by atoms with E-state index in [4.69, 9.17) is 0 Å². The van der Waals surface area contributed by atoms with E-state index < -0.39 is 6.04 Å². The molecule has 0 heterocycles. The van der Waals surface area contributed by atoms with Gasteiger partial charge >= 0.3 is 0 Å². The van der Waals surface area contributed by atoms with Crippen LogP contribution in [0, 0.1) is 11.8 Å². The topological polar surface area (TPSA) is 78.5 Å². The van der Waals surface area contributed by atoms with Crippen LogP contribution < -0.4 is 10.6 Å². The quantitative estimate of drug-likeness (QED) is 0.649. The Morgan fingerprint density at radius 3 is 2.47 bits per heavy atom. The molecule has 0 saturated heterocycles. The van der Waals surface area contributed by atoms with Crippen molar-refractivity contribution in [1.29, 1.82) is 0 Å². The molecule has 2 amide bonds. The molecule has 6 nitrogen and oxygen atoms in total. The normalized spacial score (nSPS) is 20.1. The highest BCUT2D eigenvalue weighted by Crippen LogP contribution is 2.25. The second-order valence-electron chi connectivity index (χ2n) is 9.21. The number of ketones is 1. The van der Waals surface area contributed by atoms with Crippen LogP contribution in [0.2, 0.25) is 0 Å². The maximum atomic E-state index is 13.0. The first-order valence-corrected chi connectivity index (χ1v) is 11.0. The van der Waals surface area contributed by atoms with E-state index in [1.54, 1.807) is 6.07 Å². The number of benzene rings is 1. The lowest BCUT2D eigenvalue weighted by atomic mass is 9.83. The molecule has 2 rings (SSSR count). The van der Waals surface area contributed by atoms with E-state index in [0.29, 0.717) is 17.9 Å². The summed E-state index contributed by atoms with van der Waals surface area (Å²) in [6, 6.07) is 6.93. The van der Waals surface area contributed by atoms with Crippen molar-refractivity contribution in [2.75, 3.05) is 14.1 Å². The Morgan fingerprint density at radius 1 is 1.13 bits per heavy atom. The predicted octanol–water partition coefficient (Wildman–Crippen LogP) is 3.16. The summed E-state index contributed by atoms with van der Waals surface area (Å²) in [5.74, 6) is -0.281.